The van der Waals surface area contributed by atoms with Crippen molar-refractivity contribution in [3.63, 3.8) is 0 Å². The lowest BCUT2D eigenvalue weighted by Crippen LogP contribution is -2.35. The number of carbonyl (C=O) groups is 1. The van der Waals surface area contributed by atoms with Crippen molar-refractivity contribution in [2.24, 2.45) is 0 Å². The molecule has 0 bridgehead atoms. The van der Waals surface area contributed by atoms with E-state index in [-0.39, 0.29) is 24.2 Å². The summed E-state index contributed by atoms with van der Waals surface area (Å²) in [6.07, 6.45) is 6.54. The lowest BCUT2D eigenvalue weighted by Gasteiger charge is -2.33. The van der Waals surface area contributed by atoms with Crippen molar-refractivity contribution in [3.05, 3.63) is 88.4 Å². The molecule has 43 heavy (non-hydrogen) atoms. The Bertz CT molecular complexity index is 1810. The highest BCUT2D eigenvalue weighted by atomic mass is 35.5. The van der Waals surface area contributed by atoms with E-state index in [2.05, 4.69) is 14.5 Å². The molecule has 1 N–H and O–H groups in total. The number of benzene rings is 2. The summed E-state index contributed by atoms with van der Waals surface area (Å²) >= 11 is 6.22. The molecule has 0 aliphatic carbocycles. The summed E-state index contributed by atoms with van der Waals surface area (Å²) in [7, 11) is 0. The molecule has 11 heteroatoms. The Labute approximate surface area is 251 Å². The van der Waals surface area contributed by atoms with Crippen LogP contribution in [0.3, 0.4) is 0 Å². The molecule has 7 rings (SSSR count). The van der Waals surface area contributed by atoms with E-state index in [4.69, 9.17) is 30.5 Å². The Morgan fingerprint density at radius 3 is 2.74 bits per heavy atom. The second-order valence-corrected chi connectivity index (χ2v) is 11.6. The van der Waals surface area contributed by atoms with Crippen molar-refractivity contribution in [1.29, 1.82) is 0 Å². The van der Waals surface area contributed by atoms with Gasteiger partial charge in [0.25, 0.3) is 6.01 Å². The zero-order chi connectivity index (χ0) is 29.5. The number of nitrogens with zero attached hydrogens (tertiary/aromatic N) is 4. The molecular formula is C32H30ClFN4O5. The third-order valence-electron chi connectivity index (χ3n) is 8.52. The van der Waals surface area contributed by atoms with Crippen LogP contribution in [0.4, 0.5) is 4.39 Å². The van der Waals surface area contributed by atoms with Gasteiger partial charge in [-0.05, 0) is 68.6 Å². The van der Waals surface area contributed by atoms with Gasteiger partial charge in [0.2, 0.25) is 0 Å². The SMILES string of the molecule is O=C(O)c1ccc2nc(CN3CCC(c4cnccc4OCc4ccc(Cl)c5cc(F)oc45)CC3)n(C[C@@H]3CCO3)c2c1. The summed E-state index contributed by atoms with van der Waals surface area (Å²) in [5.41, 5.74) is 4.03. The number of ether oxygens (including phenoxy) is 2. The Morgan fingerprint density at radius 2 is 1.98 bits per heavy atom. The van der Waals surface area contributed by atoms with Crippen LogP contribution >= 0.6 is 11.6 Å². The minimum Gasteiger partial charge on any atom is -0.488 e. The average Bonchev–Trinajstić information content (AvgIpc) is 3.55. The van der Waals surface area contributed by atoms with Crippen LogP contribution in [0.5, 0.6) is 5.75 Å². The number of furan rings is 1. The van der Waals surface area contributed by atoms with E-state index in [1.807, 2.05) is 12.3 Å². The van der Waals surface area contributed by atoms with E-state index in [9.17, 15) is 14.3 Å². The van der Waals surface area contributed by atoms with Gasteiger partial charge in [0.15, 0.2) is 0 Å². The molecule has 2 aromatic carbocycles. The maximum absolute atomic E-state index is 13.8. The Kier molecular flexibility index (Phi) is 7.50. The van der Waals surface area contributed by atoms with Crippen molar-refractivity contribution >= 4 is 39.6 Å². The quantitative estimate of drug-likeness (QED) is 0.206. The lowest BCUT2D eigenvalue weighted by molar-refractivity contribution is -0.0592. The van der Waals surface area contributed by atoms with Crippen LogP contribution in [0.2, 0.25) is 5.02 Å². The molecule has 0 saturated carbocycles. The van der Waals surface area contributed by atoms with Crippen LogP contribution in [0.25, 0.3) is 22.0 Å². The van der Waals surface area contributed by atoms with Gasteiger partial charge in [-0.1, -0.05) is 17.7 Å². The van der Waals surface area contributed by atoms with Gasteiger partial charge in [-0.15, -0.1) is 0 Å². The number of carboxylic acids is 1. The first kappa shape index (κ1) is 27.8. The summed E-state index contributed by atoms with van der Waals surface area (Å²) < 4.78 is 33.1. The molecule has 5 aromatic rings. The maximum atomic E-state index is 13.8. The van der Waals surface area contributed by atoms with Crippen molar-refractivity contribution < 1.29 is 28.2 Å². The summed E-state index contributed by atoms with van der Waals surface area (Å²) in [6.45, 7) is 4.02. The number of carboxylic acid groups (broad SMARTS) is 1. The van der Waals surface area contributed by atoms with E-state index in [1.54, 1.807) is 36.5 Å². The number of fused-ring (bicyclic) bond motifs is 2. The number of hydrogen-bond donors (Lipinski definition) is 1. The molecule has 2 fully saturated rings. The molecule has 222 valence electrons. The van der Waals surface area contributed by atoms with Crippen molar-refractivity contribution in [3.8, 4) is 5.75 Å². The number of halogens is 2. The number of imidazole rings is 1. The maximum Gasteiger partial charge on any atom is 0.335 e. The molecule has 1 atom stereocenters. The van der Waals surface area contributed by atoms with E-state index in [1.165, 1.54) is 6.07 Å². The van der Waals surface area contributed by atoms with Crippen LogP contribution in [0.15, 0.2) is 59.3 Å². The van der Waals surface area contributed by atoms with Gasteiger partial charge in [-0.3, -0.25) is 9.88 Å². The number of pyridine rings is 1. The highest BCUT2D eigenvalue weighted by Gasteiger charge is 2.27. The number of aromatic carboxylic acids is 1. The fourth-order valence-electron chi connectivity index (χ4n) is 6.08. The fourth-order valence-corrected chi connectivity index (χ4v) is 6.28. The zero-order valence-corrected chi connectivity index (χ0v) is 24.1. The molecule has 0 amide bonds. The zero-order valence-electron chi connectivity index (χ0n) is 23.3. The van der Waals surface area contributed by atoms with Gasteiger partial charge in [0.05, 0.1) is 40.8 Å². The Morgan fingerprint density at radius 1 is 1.14 bits per heavy atom. The second-order valence-electron chi connectivity index (χ2n) is 11.2. The first-order valence-electron chi connectivity index (χ1n) is 14.4. The third-order valence-corrected chi connectivity index (χ3v) is 8.85. The van der Waals surface area contributed by atoms with Crippen molar-refractivity contribution in [2.45, 2.75) is 51.0 Å². The molecule has 0 radical (unpaired) electrons. The molecule has 2 saturated heterocycles. The minimum absolute atomic E-state index is 0.121. The van der Waals surface area contributed by atoms with Gasteiger partial charge in [-0.2, -0.15) is 4.39 Å². The van der Waals surface area contributed by atoms with Crippen LogP contribution in [-0.2, 0) is 24.4 Å². The van der Waals surface area contributed by atoms with Crippen molar-refractivity contribution in [2.75, 3.05) is 19.7 Å². The predicted octanol–water partition coefficient (Wildman–Crippen LogP) is 6.42. The molecule has 5 heterocycles. The highest BCUT2D eigenvalue weighted by Crippen LogP contribution is 2.36. The lowest BCUT2D eigenvalue weighted by atomic mass is 9.90. The minimum atomic E-state index is -0.951. The average molecular weight is 605 g/mol. The van der Waals surface area contributed by atoms with E-state index < -0.39 is 12.0 Å². The summed E-state index contributed by atoms with van der Waals surface area (Å²) in [4.78, 5) is 23.3. The second kappa shape index (κ2) is 11.6. The summed E-state index contributed by atoms with van der Waals surface area (Å²) in [5.74, 6) is 0.987. The Hall–Kier alpha value is -3.99. The summed E-state index contributed by atoms with van der Waals surface area (Å²) in [5, 5.41) is 10.5. The number of rotatable bonds is 9. The molecule has 0 spiro atoms. The third kappa shape index (κ3) is 5.58. The first-order chi connectivity index (χ1) is 20.9. The van der Waals surface area contributed by atoms with Crippen LogP contribution in [-0.4, -0.2) is 56.3 Å². The van der Waals surface area contributed by atoms with Gasteiger partial charge in [0.1, 0.15) is 23.8 Å². The topological polar surface area (TPSA) is 103 Å². The monoisotopic (exact) mass is 604 g/mol. The van der Waals surface area contributed by atoms with Crippen LogP contribution < -0.4 is 4.74 Å². The standard InChI is InChI=1S/C32H30ClFN4O5/c33-25-3-1-21(31-23(25)14-29(34)43-31)18-42-28-5-9-35-15-24(28)19-6-10-37(11-7-19)17-30-36-26-4-2-20(32(39)40)13-27(26)38(30)16-22-8-12-41-22/h1-5,9,13-15,19,22H,6-8,10-12,16-18H2,(H,39,40)/t22-/m0/s1. The normalized spacial score (nSPS) is 17.9. The molecule has 0 unspecified atom stereocenters. The van der Waals surface area contributed by atoms with Crippen LogP contribution in [0.1, 0.15) is 52.5 Å². The van der Waals surface area contributed by atoms with Gasteiger partial charge < -0.3 is 23.6 Å². The molecule has 3 aromatic heterocycles. The smallest absolute Gasteiger partial charge is 0.335 e. The highest BCUT2D eigenvalue weighted by molar-refractivity contribution is 6.35. The largest absolute Gasteiger partial charge is 0.488 e. The summed E-state index contributed by atoms with van der Waals surface area (Å²) in [6, 6.07) is 11.1. The van der Waals surface area contributed by atoms with Gasteiger partial charge in [0, 0.05) is 41.6 Å². The molecule has 2 aliphatic heterocycles. The number of likely N-dealkylation sites (tertiary alicyclic amines) is 1. The van der Waals surface area contributed by atoms with Crippen LogP contribution in [0, 0.1) is 6.01 Å². The van der Waals surface area contributed by atoms with Gasteiger partial charge >= 0.3 is 5.97 Å². The fraction of sp³-hybridized carbons (Fsp3) is 0.344. The number of hydrogen-bond acceptors (Lipinski definition) is 7. The molecular weight excluding hydrogens is 575 g/mol. The predicted molar refractivity (Wildman–Crippen MR) is 158 cm³/mol. The molecule has 9 nitrogen and oxygen atoms in total. The number of piperidine rings is 1. The van der Waals surface area contributed by atoms with E-state index in [0.29, 0.717) is 34.6 Å². The van der Waals surface area contributed by atoms with Gasteiger partial charge in [-0.25, -0.2) is 9.78 Å². The van der Waals surface area contributed by atoms with E-state index in [0.717, 1.165) is 67.1 Å². The van der Waals surface area contributed by atoms with E-state index >= 15 is 0 Å². The van der Waals surface area contributed by atoms with Crippen molar-refractivity contribution in [1.82, 2.24) is 19.4 Å². The number of aromatic nitrogens is 3. The first-order valence-corrected chi connectivity index (χ1v) is 14.8. The Balaban J connectivity index is 1.05. The molecule has 2 aliphatic rings.